The van der Waals surface area contributed by atoms with E-state index in [4.69, 9.17) is 5.10 Å². The van der Waals surface area contributed by atoms with E-state index in [1.54, 1.807) is 18.0 Å². The minimum Gasteiger partial charge on any atom is -0.371 e. The highest BCUT2D eigenvalue weighted by molar-refractivity contribution is 6.05. The molecule has 1 N–H and O–H groups in total. The van der Waals surface area contributed by atoms with E-state index in [-0.39, 0.29) is 30.2 Å². The predicted molar refractivity (Wildman–Crippen MR) is 202 cm³/mol. The number of aromatic nitrogens is 5. The van der Waals surface area contributed by atoms with Crippen LogP contribution in [0.5, 0.6) is 0 Å². The summed E-state index contributed by atoms with van der Waals surface area (Å²) in [6.07, 6.45) is 6.92. The third kappa shape index (κ3) is 5.67. The van der Waals surface area contributed by atoms with Gasteiger partial charge in [0.15, 0.2) is 5.82 Å². The Morgan fingerprint density at radius 3 is 2.48 bits per heavy atom. The largest absolute Gasteiger partial charge is 0.371 e. The summed E-state index contributed by atoms with van der Waals surface area (Å²) in [6.45, 7) is 4.84. The fourth-order valence-corrected chi connectivity index (χ4v) is 8.72. The molecule has 2 fully saturated rings. The van der Waals surface area contributed by atoms with Crippen molar-refractivity contribution in [2.24, 2.45) is 7.05 Å². The van der Waals surface area contributed by atoms with Gasteiger partial charge in [-0.25, -0.2) is 0 Å². The van der Waals surface area contributed by atoms with Crippen LogP contribution in [-0.4, -0.2) is 90.7 Å². The summed E-state index contributed by atoms with van der Waals surface area (Å²) in [4.78, 5) is 58.0. The summed E-state index contributed by atoms with van der Waals surface area (Å²) in [6, 6.07) is 15.9. The molecule has 0 saturated carbocycles. The Balaban J connectivity index is 0.934. The highest BCUT2D eigenvalue weighted by Gasteiger charge is 2.39. The lowest BCUT2D eigenvalue weighted by atomic mass is 10.0. The first-order chi connectivity index (χ1) is 26.1. The molecule has 1 unspecified atom stereocenters. The first kappa shape index (κ1) is 33.8. The normalized spacial score (nSPS) is 19.0. The molecule has 4 aliphatic rings. The molecule has 3 aromatic heterocycles. The molecule has 1 atom stereocenters. The van der Waals surface area contributed by atoms with Gasteiger partial charge in [0.25, 0.3) is 5.91 Å². The van der Waals surface area contributed by atoms with Gasteiger partial charge in [-0.2, -0.15) is 10.2 Å². The third-order valence-electron chi connectivity index (χ3n) is 11.7. The van der Waals surface area contributed by atoms with E-state index in [2.05, 4.69) is 71.1 Å². The van der Waals surface area contributed by atoms with Crippen molar-refractivity contribution < 1.29 is 19.2 Å². The molecular formula is C40H42N10O4. The number of rotatable bonds is 6. The first-order valence-corrected chi connectivity index (χ1v) is 18.6. The lowest BCUT2D eigenvalue weighted by Crippen LogP contribution is -2.52. The SMILES string of the molecule is CC(=O)N1CCc2c(c(N(C)c3ccc(-c4cn(C)c5ccnnc45)cc3)nn2C2CCN(c3ccc4c(c3)CN(C3CCC(=O)NC3=O)C4=O)CC2)C1. The van der Waals surface area contributed by atoms with Gasteiger partial charge in [0.1, 0.15) is 11.6 Å². The molecule has 14 heteroatoms. The minimum absolute atomic E-state index is 0.0640. The molecule has 4 aliphatic heterocycles. The maximum atomic E-state index is 13.3. The van der Waals surface area contributed by atoms with Crippen LogP contribution in [-0.2, 0) is 40.9 Å². The molecule has 4 amide bonds. The van der Waals surface area contributed by atoms with E-state index in [1.165, 1.54) is 5.69 Å². The Bertz CT molecular complexity index is 2340. The smallest absolute Gasteiger partial charge is 0.255 e. The number of nitrogens with one attached hydrogen (secondary N) is 1. The summed E-state index contributed by atoms with van der Waals surface area (Å²) in [5, 5.41) is 16.2. The zero-order chi connectivity index (χ0) is 37.2. The van der Waals surface area contributed by atoms with Gasteiger partial charge in [0, 0.05) is 100.0 Å². The van der Waals surface area contributed by atoms with Crippen LogP contribution in [0.25, 0.3) is 22.2 Å². The van der Waals surface area contributed by atoms with Crippen LogP contribution >= 0.6 is 0 Å². The second-order valence-corrected chi connectivity index (χ2v) is 14.9. The molecule has 0 spiro atoms. The molecule has 5 aromatic rings. The van der Waals surface area contributed by atoms with Crippen LogP contribution in [0.3, 0.4) is 0 Å². The number of hydrogen-bond donors (Lipinski definition) is 1. The van der Waals surface area contributed by atoms with Crippen molar-refractivity contribution >= 4 is 51.9 Å². The number of aryl methyl sites for hydroxylation is 1. The highest BCUT2D eigenvalue weighted by Crippen LogP contribution is 2.38. The van der Waals surface area contributed by atoms with Crippen molar-refractivity contribution in [3.63, 3.8) is 0 Å². The van der Waals surface area contributed by atoms with Crippen molar-refractivity contribution in [2.75, 3.05) is 36.5 Å². The lowest BCUT2D eigenvalue weighted by Gasteiger charge is -2.35. The van der Waals surface area contributed by atoms with E-state index >= 15 is 0 Å². The van der Waals surface area contributed by atoms with Crippen LogP contribution in [0.1, 0.15) is 65.8 Å². The Morgan fingerprint density at radius 1 is 0.926 bits per heavy atom. The van der Waals surface area contributed by atoms with Gasteiger partial charge in [-0.3, -0.25) is 29.2 Å². The Morgan fingerprint density at radius 2 is 1.72 bits per heavy atom. The number of anilines is 3. The van der Waals surface area contributed by atoms with Crippen molar-refractivity contribution in [3.05, 3.63) is 83.3 Å². The molecule has 0 radical (unpaired) electrons. The third-order valence-corrected chi connectivity index (χ3v) is 11.7. The van der Waals surface area contributed by atoms with Crippen molar-refractivity contribution in [2.45, 2.75) is 64.2 Å². The van der Waals surface area contributed by atoms with Gasteiger partial charge in [-0.05, 0) is 66.8 Å². The molecule has 0 aliphatic carbocycles. The molecule has 2 aromatic carbocycles. The van der Waals surface area contributed by atoms with Gasteiger partial charge < -0.3 is 24.2 Å². The van der Waals surface area contributed by atoms with E-state index in [0.717, 1.165) is 82.8 Å². The Kier molecular flexibility index (Phi) is 8.20. The maximum Gasteiger partial charge on any atom is 0.255 e. The molecule has 0 bridgehead atoms. The number of hydrogen-bond acceptors (Lipinski definition) is 9. The molecule has 2 saturated heterocycles. The first-order valence-electron chi connectivity index (χ1n) is 18.6. The monoisotopic (exact) mass is 726 g/mol. The van der Waals surface area contributed by atoms with Crippen LogP contribution in [0, 0.1) is 0 Å². The van der Waals surface area contributed by atoms with E-state index < -0.39 is 11.9 Å². The molecule has 7 heterocycles. The number of nitrogens with zero attached hydrogens (tertiary/aromatic N) is 9. The number of fused-ring (bicyclic) bond motifs is 3. The fraction of sp³-hybridized carbons (Fsp3) is 0.375. The average Bonchev–Trinajstić information content (AvgIpc) is 3.85. The van der Waals surface area contributed by atoms with Crippen molar-refractivity contribution in [1.29, 1.82) is 0 Å². The van der Waals surface area contributed by atoms with E-state index in [1.807, 2.05) is 37.2 Å². The fourth-order valence-electron chi connectivity index (χ4n) is 8.72. The van der Waals surface area contributed by atoms with Gasteiger partial charge in [0.05, 0.1) is 24.3 Å². The van der Waals surface area contributed by atoms with E-state index in [9.17, 15) is 19.2 Å². The number of piperidine rings is 2. The Labute approximate surface area is 312 Å². The highest BCUT2D eigenvalue weighted by atomic mass is 16.2. The van der Waals surface area contributed by atoms with Crippen LogP contribution in [0.2, 0.25) is 0 Å². The average molecular weight is 727 g/mol. The van der Waals surface area contributed by atoms with Crippen LogP contribution < -0.4 is 15.1 Å². The summed E-state index contributed by atoms with van der Waals surface area (Å²) in [5.74, 6) is 0.0830. The van der Waals surface area contributed by atoms with Gasteiger partial charge in [-0.15, -0.1) is 5.10 Å². The quantitative estimate of drug-likeness (QED) is 0.256. The number of carbonyl (C=O) groups is 4. The molecular weight excluding hydrogens is 685 g/mol. The molecule has 276 valence electrons. The predicted octanol–water partition coefficient (Wildman–Crippen LogP) is 4.11. The van der Waals surface area contributed by atoms with Crippen molar-refractivity contribution in [1.82, 2.24) is 39.7 Å². The number of carbonyl (C=O) groups excluding carboxylic acids is 4. The lowest BCUT2D eigenvalue weighted by molar-refractivity contribution is -0.137. The van der Waals surface area contributed by atoms with Gasteiger partial charge in [0.2, 0.25) is 17.7 Å². The summed E-state index contributed by atoms with van der Waals surface area (Å²) < 4.78 is 4.30. The Hall–Kier alpha value is -6.05. The summed E-state index contributed by atoms with van der Waals surface area (Å²) in [7, 11) is 4.06. The summed E-state index contributed by atoms with van der Waals surface area (Å²) in [5.41, 5.74) is 9.87. The van der Waals surface area contributed by atoms with Crippen molar-refractivity contribution in [3.8, 4) is 11.1 Å². The topological polar surface area (TPSA) is 142 Å². The maximum absolute atomic E-state index is 13.3. The zero-order valence-corrected chi connectivity index (χ0v) is 30.7. The second kappa shape index (κ2) is 13.1. The minimum atomic E-state index is -0.627. The van der Waals surface area contributed by atoms with Crippen LogP contribution in [0.15, 0.2) is 60.9 Å². The van der Waals surface area contributed by atoms with Gasteiger partial charge >= 0.3 is 0 Å². The standard InChI is InChI=1S/C40H42N10O4/c1-24(51)48-19-15-33-32(23-48)38(46(3)27-6-4-25(5-7-27)31-22-45(2)34-12-16-41-43-37(31)34)44-50(33)28-13-17-47(18-14-28)29-8-9-30-26(20-29)21-49(40(30)54)35-10-11-36(52)42-39(35)53/h4-9,12,16,20,22,28,35H,10-11,13-15,17-19,21,23H2,1-3H3,(H,42,52,53). The zero-order valence-electron chi connectivity index (χ0n) is 30.7. The molecule has 9 rings (SSSR count). The number of imide groups is 1. The number of amides is 4. The van der Waals surface area contributed by atoms with Crippen LogP contribution in [0.4, 0.5) is 17.2 Å². The second-order valence-electron chi connectivity index (χ2n) is 14.9. The van der Waals surface area contributed by atoms with E-state index in [0.29, 0.717) is 31.6 Å². The van der Waals surface area contributed by atoms with Gasteiger partial charge in [-0.1, -0.05) is 12.1 Å². The molecule has 54 heavy (non-hydrogen) atoms. The molecule has 14 nitrogen and oxygen atoms in total. The number of benzene rings is 2. The summed E-state index contributed by atoms with van der Waals surface area (Å²) >= 11 is 0.